The molecule has 0 atom stereocenters. The Balaban J connectivity index is 2.20. The molecule has 0 saturated heterocycles. The van der Waals surface area contributed by atoms with Crippen molar-refractivity contribution in [3.63, 3.8) is 0 Å². The zero-order valence-electron chi connectivity index (χ0n) is 14.5. The van der Waals surface area contributed by atoms with E-state index in [4.69, 9.17) is 5.11 Å². The molecule has 7 nitrogen and oxygen atoms in total. The highest BCUT2D eigenvalue weighted by Crippen LogP contribution is 2.19. The lowest BCUT2D eigenvalue weighted by atomic mass is 10.2. The van der Waals surface area contributed by atoms with Gasteiger partial charge in [0, 0.05) is 25.7 Å². The van der Waals surface area contributed by atoms with E-state index in [-0.39, 0.29) is 16.4 Å². The van der Waals surface area contributed by atoms with Crippen molar-refractivity contribution in [2.24, 2.45) is 0 Å². The summed E-state index contributed by atoms with van der Waals surface area (Å²) in [5.74, 6) is -1.18. The van der Waals surface area contributed by atoms with Crippen LogP contribution in [0.25, 0.3) is 0 Å². The number of sulfonamides is 1. The molecule has 0 aromatic heterocycles. The van der Waals surface area contributed by atoms with Crippen molar-refractivity contribution in [2.75, 3.05) is 11.3 Å². The number of benzene rings is 2. The number of nitrogens with one attached hydrogen (secondary N) is 1. The Morgan fingerprint density at radius 2 is 1.77 bits per heavy atom. The average molecular weight is 376 g/mol. The molecule has 8 heteroatoms. The number of carbonyl (C=O) groups is 2. The molecule has 0 saturated carbocycles. The third-order valence-electron chi connectivity index (χ3n) is 3.79. The lowest BCUT2D eigenvalue weighted by molar-refractivity contribution is -0.129. The van der Waals surface area contributed by atoms with Gasteiger partial charge in [0.1, 0.15) is 0 Å². The van der Waals surface area contributed by atoms with Crippen molar-refractivity contribution >= 4 is 27.6 Å². The molecule has 1 amide bonds. The maximum Gasteiger partial charge on any atom is 0.335 e. The van der Waals surface area contributed by atoms with Crippen molar-refractivity contribution in [1.29, 1.82) is 0 Å². The smallest absolute Gasteiger partial charge is 0.335 e. The van der Waals surface area contributed by atoms with Gasteiger partial charge in [0.2, 0.25) is 5.91 Å². The Labute approximate surface area is 152 Å². The topological polar surface area (TPSA) is 104 Å². The van der Waals surface area contributed by atoms with E-state index in [0.717, 1.165) is 5.56 Å². The minimum absolute atomic E-state index is 0.00911. The number of hydrogen-bond acceptors (Lipinski definition) is 4. The fraction of sp³-hybridized carbons (Fsp3) is 0.222. The van der Waals surface area contributed by atoms with E-state index in [1.54, 1.807) is 23.1 Å². The SMILES string of the molecule is CCN(Cc1cccc(NS(=O)(=O)c2ccc(C(=O)O)cc2)c1)C(C)=O. The molecule has 0 fully saturated rings. The Morgan fingerprint density at radius 3 is 2.31 bits per heavy atom. The third-order valence-corrected chi connectivity index (χ3v) is 5.19. The number of hydrogen-bond donors (Lipinski definition) is 2. The summed E-state index contributed by atoms with van der Waals surface area (Å²) in [6.45, 7) is 4.29. The van der Waals surface area contributed by atoms with Gasteiger partial charge >= 0.3 is 5.97 Å². The third kappa shape index (κ3) is 4.82. The number of carboxylic acids is 1. The first-order chi connectivity index (χ1) is 12.2. The summed E-state index contributed by atoms with van der Waals surface area (Å²) in [7, 11) is -3.85. The fourth-order valence-corrected chi connectivity index (χ4v) is 3.44. The number of amides is 1. The maximum atomic E-state index is 12.5. The van der Waals surface area contributed by atoms with Crippen LogP contribution < -0.4 is 4.72 Å². The van der Waals surface area contributed by atoms with Gasteiger partial charge in [0.25, 0.3) is 10.0 Å². The molecule has 0 bridgehead atoms. The fourth-order valence-electron chi connectivity index (χ4n) is 2.39. The van der Waals surface area contributed by atoms with Crippen molar-refractivity contribution in [3.8, 4) is 0 Å². The van der Waals surface area contributed by atoms with Crippen molar-refractivity contribution in [3.05, 3.63) is 59.7 Å². The van der Waals surface area contributed by atoms with Crippen molar-refractivity contribution < 1.29 is 23.1 Å². The Bertz CT molecular complexity index is 907. The summed E-state index contributed by atoms with van der Waals surface area (Å²) >= 11 is 0. The lowest BCUT2D eigenvalue weighted by Crippen LogP contribution is -2.27. The average Bonchev–Trinajstić information content (AvgIpc) is 2.59. The highest BCUT2D eigenvalue weighted by Gasteiger charge is 2.15. The summed E-state index contributed by atoms with van der Waals surface area (Å²) in [6.07, 6.45) is 0. The first-order valence-electron chi connectivity index (χ1n) is 7.93. The minimum atomic E-state index is -3.85. The van der Waals surface area contributed by atoms with Gasteiger partial charge in [0.05, 0.1) is 10.5 Å². The molecule has 26 heavy (non-hydrogen) atoms. The normalized spacial score (nSPS) is 11.0. The predicted molar refractivity (Wildman–Crippen MR) is 97.4 cm³/mol. The number of nitrogens with zero attached hydrogens (tertiary/aromatic N) is 1. The van der Waals surface area contributed by atoms with E-state index in [2.05, 4.69) is 4.72 Å². The number of aromatic carboxylic acids is 1. The van der Waals surface area contributed by atoms with Crippen LogP contribution in [0.15, 0.2) is 53.4 Å². The van der Waals surface area contributed by atoms with Crippen LogP contribution in [0.2, 0.25) is 0 Å². The summed E-state index contributed by atoms with van der Waals surface area (Å²) in [5.41, 5.74) is 1.17. The molecule has 2 aromatic rings. The van der Waals surface area contributed by atoms with Crippen LogP contribution in [0.5, 0.6) is 0 Å². The molecule has 0 unspecified atom stereocenters. The summed E-state index contributed by atoms with van der Waals surface area (Å²) in [4.78, 5) is 24.0. The zero-order valence-corrected chi connectivity index (χ0v) is 15.3. The standard InChI is InChI=1S/C18H20N2O5S/c1-3-20(13(2)21)12-14-5-4-6-16(11-14)19-26(24,25)17-9-7-15(8-10-17)18(22)23/h4-11,19H,3,12H2,1-2H3,(H,22,23). The van der Waals surface area contributed by atoms with E-state index in [1.165, 1.54) is 31.2 Å². The van der Waals surface area contributed by atoms with Gasteiger partial charge in [-0.05, 0) is 48.9 Å². The second-order valence-electron chi connectivity index (χ2n) is 5.67. The molecule has 2 rings (SSSR count). The van der Waals surface area contributed by atoms with Crippen LogP contribution in [0.4, 0.5) is 5.69 Å². The molecule has 0 aliphatic carbocycles. The van der Waals surface area contributed by atoms with Crippen LogP contribution in [-0.2, 0) is 21.4 Å². The highest BCUT2D eigenvalue weighted by atomic mass is 32.2. The number of anilines is 1. The molecule has 2 aromatic carbocycles. The summed E-state index contributed by atoms with van der Waals surface area (Å²) in [5, 5.41) is 8.88. The van der Waals surface area contributed by atoms with Crippen LogP contribution in [0.3, 0.4) is 0 Å². The first-order valence-corrected chi connectivity index (χ1v) is 9.42. The highest BCUT2D eigenvalue weighted by molar-refractivity contribution is 7.92. The van der Waals surface area contributed by atoms with E-state index in [0.29, 0.717) is 18.8 Å². The molecule has 2 N–H and O–H groups in total. The van der Waals surface area contributed by atoms with Gasteiger partial charge in [-0.2, -0.15) is 0 Å². The molecule has 0 aliphatic rings. The van der Waals surface area contributed by atoms with E-state index >= 15 is 0 Å². The number of carbonyl (C=O) groups excluding carboxylic acids is 1. The predicted octanol–water partition coefficient (Wildman–Crippen LogP) is 2.55. The molecule has 138 valence electrons. The van der Waals surface area contributed by atoms with Gasteiger partial charge in [-0.1, -0.05) is 12.1 Å². The first kappa shape index (κ1) is 19.5. The van der Waals surface area contributed by atoms with Gasteiger partial charge in [-0.3, -0.25) is 9.52 Å². The monoisotopic (exact) mass is 376 g/mol. The zero-order chi connectivity index (χ0) is 19.3. The van der Waals surface area contributed by atoms with Gasteiger partial charge < -0.3 is 10.0 Å². The quantitative estimate of drug-likeness (QED) is 0.773. The maximum absolute atomic E-state index is 12.5. The number of carboxylic acid groups (broad SMARTS) is 1. The number of rotatable bonds is 7. The molecular weight excluding hydrogens is 356 g/mol. The Kier molecular flexibility index (Phi) is 5.99. The largest absolute Gasteiger partial charge is 0.478 e. The molecule has 0 radical (unpaired) electrons. The van der Waals surface area contributed by atoms with Crippen LogP contribution in [0, 0.1) is 0 Å². The molecule has 0 spiro atoms. The molecule has 0 heterocycles. The second-order valence-corrected chi connectivity index (χ2v) is 7.35. The van der Waals surface area contributed by atoms with Crippen molar-refractivity contribution in [1.82, 2.24) is 4.90 Å². The minimum Gasteiger partial charge on any atom is -0.478 e. The van der Waals surface area contributed by atoms with Gasteiger partial charge in [0.15, 0.2) is 0 Å². The van der Waals surface area contributed by atoms with E-state index in [1.807, 2.05) is 13.0 Å². The summed E-state index contributed by atoms with van der Waals surface area (Å²) < 4.78 is 27.4. The van der Waals surface area contributed by atoms with Gasteiger partial charge in [-0.25, -0.2) is 13.2 Å². The lowest BCUT2D eigenvalue weighted by Gasteiger charge is -2.19. The van der Waals surface area contributed by atoms with E-state index < -0.39 is 16.0 Å². The van der Waals surface area contributed by atoms with Crippen LogP contribution in [-0.4, -0.2) is 36.8 Å². The van der Waals surface area contributed by atoms with Crippen molar-refractivity contribution in [2.45, 2.75) is 25.3 Å². The van der Waals surface area contributed by atoms with Gasteiger partial charge in [-0.15, -0.1) is 0 Å². The van der Waals surface area contributed by atoms with E-state index in [9.17, 15) is 18.0 Å². The Hall–Kier alpha value is -2.87. The summed E-state index contributed by atoms with van der Waals surface area (Å²) in [6, 6.07) is 11.7. The van der Waals surface area contributed by atoms with Crippen LogP contribution in [0.1, 0.15) is 29.8 Å². The Morgan fingerprint density at radius 1 is 1.12 bits per heavy atom. The molecular formula is C18H20N2O5S. The van der Waals surface area contributed by atoms with Crippen LogP contribution >= 0.6 is 0 Å². The molecule has 0 aliphatic heterocycles. The second kappa shape index (κ2) is 8.01.